The summed E-state index contributed by atoms with van der Waals surface area (Å²) in [4.78, 5) is 4.13. The van der Waals surface area contributed by atoms with Gasteiger partial charge in [0.05, 0.1) is 5.69 Å². The maximum Gasteiger partial charge on any atom is 0.0765 e. The Morgan fingerprint density at radius 2 is 2.10 bits per heavy atom. The van der Waals surface area contributed by atoms with Crippen LogP contribution in [-0.4, -0.2) is 21.1 Å². The average molecular weight is 289 g/mol. The van der Waals surface area contributed by atoms with Crippen LogP contribution < -0.4 is 0 Å². The van der Waals surface area contributed by atoms with Gasteiger partial charge in [-0.1, -0.05) is 12.8 Å². The molecule has 0 bridgehead atoms. The third-order valence-corrected chi connectivity index (χ3v) is 5.29. The number of aryl methyl sites for hydroxylation is 2. The van der Waals surface area contributed by atoms with Gasteiger partial charge in [-0.2, -0.15) is 5.10 Å². The van der Waals surface area contributed by atoms with Gasteiger partial charge in [-0.3, -0.25) is 10.00 Å². The van der Waals surface area contributed by atoms with E-state index in [1.165, 1.54) is 41.8 Å². The van der Waals surface area contributed by atoms with Gasteiger partial charge in [0.15, 0.2) is 0 Å². The minimum absolute atomic E-state index is 0.730. The van der Waals surface area contributed by atoms with Gasteiger partial charge in [-0.25, -0.2) is 0 Å². The Morgan fingerprint density at radius 3 is 2.70 bits per heavy atom. The smallest absolute Gasteiger partial charge is 0.0765 e. The first-order valence-corrected chi connectivity index (χ1v) is 8.38. The van der Waals surface area contributed by atoms with Gasteiger partial charge >= 0.3 is 0 Å². The zero-order valence-corrected chi connectivity index (χ0v) is 13.2. The zero-order valence-electron chi connectivity index (χ0n) is 12.4. The van der Waals surface area contributed by atoms with Crippen molar-refractivity contribution in [2.75, 3.05) is 0 Å². The number of hydrogen-bond acceptors (Lipinski definition) is 3. The van der Waals surface area contributed by atoms with Gasteiger partial charge in [0.2, 0.25) is 0 Å². The van der Waals surface area contributed by atoms with E-state index in [0.29, 0.717) is 0 Å². The lowest BCUT2D eigenvalue weighted by atomic mass is 10.1. The van der Waals surface area contributed by atoms with E-state index in [1.54, 1.807) is 0 Å². The van der Waals surface area contributed by atoms with Crippen molar-refractivity contribution in [3.05, 3.63) is 39.3 Å². The van der Waals surface area contributed by atoms with Gasteiger partial charge in [-0.15, -0.1) is 11.3 Å². The van der Waals surface area contributed by atoms with Gasteiger partial charge in [0.1, 0.15) is 0 Å². The van der Waals surface area contributed by atoms with E-state index in [2.05, 4.69) is 46.5 Å². The van der Waals surface area contributed by atoms with E-state index in [9.17, 15) is 0 Å². The maximum atomic E-state index is 4.42. The lowest BCUT2D eigenvalue weighted by molar-refractivity contribution is 0.180. The molecule has 0 aliphatic heterocycles. The molecular formula is C16H23N3S. The van der Waals surface area contributed by atoms with Crippen LogP contribution in [0.15, 0.2) is 17.5 Å². The van der Waals surface area contributed by atoms with E-state index in [0.717, 1.165) is 24.8 Å². The number of aromatic nitrogens is 2. The van der Waals surface area contributed by atoms with Crippen LogP contribution in [0.5, 0.6) is 0 Å². The first kappa shape index (κ1) is 13.8. The Kier molecular flexibility index (Phi) is 4.22. The molecule has 0 amide bonds. The summed E-state index contributed by atoms with van der Waals surface area (Å²) >= 11 is 1.88. The zero-order chi connectivity index (χ0) is 13.9. The molecule has 2 aromatic rings. The third kappa shape index (κ3) is 3.13. The van der Waals surface area contributed by atoms with Crippen LogP contribution >= 0.6 is 11.3 Å². The molecule has 0 saturated heterocycles. The molecule has 2 aromatic heterocycles. The van der Waals surface area contributed by atoms with Crippen LogP contribution in [0.4, 0.5) is 0 Å². The Labute approximate surface area is 125 Å². The van der Waals surface area contributed by atoms with Crippen LogP contribution in [0, 0.1) is 13.8 Å². The van der Waals surface area contributed by atoms with Gasteiger partial charge in [-0.05, 0) is 49.8 Å². The third-order valence-electron chi connectivity index (χ3n) is 4.28. The Balaban J connectivity index is 1.74. The Bertz CT molecular complexity index is 552. The molecule has 108 valence electrons. The van der Waals surface area contributed by atoms with Crippen molar-refractivity contribution in [3.8, 4) is 0 Å². The van der Waals surface area contributed by atoms with Gasteiger partial charge < -0.3 is 0 Å². The van der Waals surface area contributed by atoms with Crippen LogP contribution in [0.1, 0.15) is 47.5 Å². The summed E-state index contributed by atoms with van der Waals surface area (Å²) in [6.07, 6.45) is 5.44. The summed E-state index contributed by atoms with van der Waals surface area (Å²) in [5.74, 6) is 0. The second kappa shape index (κ2) is 6.10. The predicted octanol–water partition coefficient (Wildman–Crippen LogP) is 4.03. The fourth-order valence-corrected chi connectivity index (χ4v) is 4.03. The number of H-pyrrole nitrogens is 1. The van der Waals surface area contributed by atoms with Crippen molar-refractivity contribution in [2.24, 2.45) is 0 Å². The molecule has 0 aromatic carbocycles. The molecule has 0 unspecified atom stereocenters. The molecule has 4 heteroatoms. The van der Waals surface area contributed by atoms with Gasteiger partial charge in [0.25, 0.3) is 0 Å². The van der Waals surface area contributed by atoms with Gasteiger partial charge in [0, 0.05) is 29.7 Å². The summed E-state index contributed by atoms with van der Waals surface area (Å²) in [5, 5.41) is 9.68. The number of hydrogen-bond donors (Lipinski definition) is 1. The molecule has 1 fully saturated rings. The minimum Gasteiger partial charge on any atom is -0.289 e. The summed E-state index contributed by atoms with van der Waals surface area (Å²) in [7, 11) is 0. The van der Waals surface area contributed by atoms with Crippen LogP contribution in [0.25, 0.3) is 0 Å². The van der Waals surface area contributed by atoms with E-state index in [4.69, 9.17) is 0 Å². The lowest BCUT2D eigenvalue weighted by Crippen LogP contribution is -2.32. The van der Waals surface area contributed by atoms with Crippen molar-refractivity contribution in [1.82, 2.24) is 15.1 Å². The Morgan fingerprint density at radius 1 is 1.30 bits per heavy atom. The normalized spacial score (nSPS) is 16.4. The van der Waals surface area contributed by atoms with Crippen molar-refractivity contribution in [3.63, 3.8) is 0 Å². The molecule has 1 aliphatic carbocycles. The SMILES string of the molecule is Cc1cc(CN(Cc2sccc2C)C2CCCC2)n[nH]1. The van der Waals surface area contributed by atoms with E-state index in [1.807, 2.05) is 11.3 Å². The van der Waals surface area contributed by atoms with E-state index in [-0.39, 0.29) is 0 Å². The highest BCUT2D eigenvalue weighted by Gasteiger charge is 2.24. The minimum atomic E-state index is 0.730. The standard InChI is InChI=1S/C16H23N3S/c1-12-7-8-20-16(12)11-19(15-5-3-4-6-15)10-14-9-13(2)17-18-14/h7-9,15H,3-6,10-11H2,1-2H3,(H,17,18). The highest BCUT2D eigenvalue weighted by atomic mass is 32.1. The van der Waals surface area contributed by atoms with Crippen LogP contribution in [0.2, 0.25) is 0 Å². The predicted molar refractivity (Wildman–Crippen MR) is 83.9 cm³/mol. The highest BCUT2D eigenvalue weighted by molar-refractivity contribution is 7.10. The molecule has 3 rings (SSSR count). The summed E-state index contributed by atoms with van der Waals surface area (Å²) in [5.41, 5.74) is 3.75. The maximum absolute atomic E-state index is 4.42. The second-order valence-corrected chi connectivity index (χ2v) is 6.91. The first-order chi connectivity index (χ1) is 9.72. The number of nitrogens with zero attached hydrogens (tertiary/aromatic N) is 2. The topological polar surface area (TPSA) is 31.9 Å². The number of rotatable bonds is 5. The molecule has 0 radical (unpaired) electrons. The quantitative estimate of drug-likeness (QED) is 0.901. The molecule has 1 saturated carbocycles. The Hall–Kier alpha value is -1.13. The summed E-state index contributed by atoms with van der Waals surface area (Å²) < 4.78 is 0. The molecule has 1 aliphatic rings. The number of aromatic amines is 1. The highest BCUT2D eigenvalue weighted by Crippen LogP contribution is 2.28. The monoisotopic (exact) mass is 289 g/mol. The van der Waals surface area contributed by atoms with Crippen molar-refractivity contribution >= 4 is 11.3 Å². The summed E-state index contributed by atoms with van der Waals surface area (Å²) in [6.45, 7) is 6.32. The molecule has 20 heavy (non-hydrogen) atoms. The lowest BCUT2D eigenvalue weighted by Gasteiger charge is -2.28. The molecular weight excluding hydrogens is 266 g/mol. The molecule has 2 heterocycles. The van der Waals surface area contributed by atoms with Crippen LogP contribution in [-0.2, 0) is 13.1 Å². The number of thiophene rings is 1. The second-order valence-electron chi connectivity index (χ2n) is 5.91. The fraction of sp³-hybridized carbons (Fsp3) is 0.562. The average Bonchev–Trinajstić information content (AvgIpc) is 3.13. The fourth-order valence-electron chi connectivity index (χ4n) is 3.10. The number of nitrogens with one attached hydrogen (secondary N) is 1. The molecule has 3 nitrogen and oxygen atoms in total. The van der Waals surface area contributed by atoms with Crippen LogP contribution in [0.3, 0.4) is 0 Å². The first-order valence-electron chi connectivity index (χ1n) is 7.50. The van der Waals surface area contributed by atoms with Crippen molar-refractivity contribution in [2.45, 2.75) is 58.7 Å². The molecule has 0 atom stereocenters. The summed E-state index contributed by atoms with van der Waals surface area (Å²) in [6, 6.07) is 5.13. The van der Waals surface area contributed by atoms with Crippen molar-refractivity contribution in [1.29, 1.82) is 0 Å². The van der Waals surface area contributed by atoms with E-state index < -0.39 is 0 Å². The van der Waals surface area contributed by atoms with Crippen molar-refractivity contribution < 1.29 is 0 Å². The molecule has 0 spiro atoms. The molecule has 1 N–H and O–H groups in total. The van der Waals surface area contributed by atoms with E-state index >= 15 is 0 Å². The largest absolute Gasteiger partial charge is 0.289 e.